The number of hydrogen-bond acceptors (Lipinski definition) is 3. The van der Waals surface area contributed by atoms with Gasteiger partial charge < -0.3 is 10.0 Å². The normalized spacial score (nSPS) is 10.9. The van der Waals surface area contributed by atoms with Crippen LogP contribution in [0.5, 0.6) is 0 Å². The fourth-order valence-corrected chi connectivity index (χ4v) is 4.32. The average Bonchev–Trinajstić information content (AvgIpc) is 3.02. The number of carbonyl (C=O) groups excluding carboxylic acids is 1. The number of aliphatic carboxylic acids is 1. The number of nitrogens with zero attached hydrogens (tertiary/aromatic N) is 1. The van der Waals surface area contributed by atoms with Crippen LogP contribution in [-0.2, 0) is 11.2 Å². The van der Waals surface area contributed by atoms with Crippen molar-refractivity contribution in [3.63, 3.8) is 0 Å². The Morgan fingerprint density at radius 2 is 1.78 bits per heavy atom. The summed E-state index contributed by atoms with van der Waals surface area (Å²) >= 11 is 1.49. The molecule has 5 heteroatoms. The highest BCUT2D eigenvalue weighted by atomic mass is 32.1. The molecule has 0 saturated heterocycles. The number of fused-ring (bicyclic) bond motifs is 1. The molecule has 0 aliphatic carbocycles. The maximum Gasteiger partial charge on any atom is 0.305 e. The quantitative estimate of drug-likeness (QED) is 0.643. The highest BCUT2D eigenvalue weighted by Crippen LogP contribution is 2.34. The fraction of sp³-hybridized carbons (Fsp3) is 0.273. The Balaban J connectivity index is 1.99. The Kier molecular flexibility index (Phi) is 5.91. The van der Waals surface area contributed by atoms with Crippen LogP contribution in [-0.4, -0.2) is 35.0 Å². The lowest BCUT2D eigenvalue weighted by Gasteiger charge is -2.20. The summed E-state index contributed by atoms with van der Waals surface area (Å²) in [5.41, 5.74) is 3.39. The number of carboxylic acid groups (broad SMARTS) is 1. The third kappa shape index (κ3) is 4.37. The van der Waals surface area contributed by atoms with E-state index in [-0.39, 0.29) is 18.9 Å². The molecule has 0 fully saturated rings. The second-order valence-electron chi connectivity index (χ2n) is 6.60. The van der Waals surface area contributed by atoms with Crippen LogP contribution in [0.15, 0.2) is 48.5 Å². The van der Waals surface area contributed by atoms with E-state index in [1.165, 1.54) is 16.9 Å². The van der Waals surface area contributed by atoms with Gasteiger partial charge in [-0.2, -0.15) is 0 Å². The number of carbonyl (C=O) groups is 2. The Bertz CT molecular complexity index is 959. The van der Waals surface area contributed by atoms with Gasteiger partial charge in [-0.1, -0.05) is 48.0 Å². The summed E-state index contributed by atoms with van der Waals surface area (Å²) < 4.78 is 1.08. The first-order valence-electron chi connectivity index (χ1n) is 9.06. The predicted octanol–water partition coefficient (Wildman–Crippen LogP) is 4.74. The van der Waals surface area contributed by atoms with Crippen LogP contribution in [0.4, 0.5) is 0 Å². The minimum absolute atomic E-state index is 0.0439. The van der Waals surface area contributed by atoms with E-state index in [4.69, 9.17) is 5.11 Å². The number of rotatable bonds is 7. The van der Waals surface area contributed by atoms with E-state index >= 15 is 0 Å². The molecule has 0 unspecified atom stereocenters. The second-order valence-corrected chi connectivity index (χ2v) is 7.65. The van der Waals surface area contributed by atoms with Crippen molar-refractivity contribution in [2.75, 3.05) is 13.1 Å². The van der Waals surface area contributed by atoms with E-state index in [9.17, 15) is 9.59 Å². The topological polar surface area (TPSA) is 57.6 Å². The minimum atomic E-state index is -0.891. The zero-order valence-electron chi connectivity index (χ0n) is 15.6. The molecule has 1 aromatic heterocycles. The van der Waals surface area contributed by atoms with Crippen molar-refractivity contribution in [1.29, 1.82) is 0 Å². The van der Waals surface area contributed by atoms with Crippen LogP contribution in [0.3, 0.4) is 0 Å². The zero-order valence-corrected chi connectivity index (χ0v) is 16.4. The molecule has 1 amide bonds. The van der Waals surface area contributed by atoms with Gasteiger partial charge in [-0.05, 0) is 42.8 Å². The van der Waals surface area contributed by atoms with E-state index in [0.29, 0.717) is 17.8 Å². The number of thiophene rings is 1. The number of carboxylic acids is 1. The van der Waals surface area contributed by atoms with Gasteiger partial charge in [-0.15, -0.1) is 11.3 Å². The van der Waals surface area contributed by atoms with Gasteiger partial charge in [0, 0.05) is 17.8 Å². The van der Waals surface area contributed by atoms with E-state index in [1.807, 2.05) is 25.1 Å². The first-order chi connectivity index (χ1) is 13.0. The predicted molar refractivity (Wildman–Crippen MR) is 110 cm³/mol. The molecule has 0 aliphatic heterocycles. The van der Waals surface area contributed by atoms with E-state index < -0.39 is 5.97 Å². The number of hydrogen-bond donors (Lipinski definition) is 1. The smallest absolute Gasteiger partial charge is 0.305 e. The highest BCUT2D eigenvalue weighted by molar-refractivity contribution is 7.21. The first-order valence-corrected chi connectivity index (χ1v) is 9.88. The van der Waals surface area contributed by atoms with Gasteiger partial charge in [-0.3, -0.25) is 9.59 Å². The molecule has 1 N–H and O–H groups in total. The molecule has 0 bridgehead atoms. The molecule has 4 nitrogen and oxygen atoms in total. The number of aryl methyl sites for hydroxylation is 1. The SMILES string of the molecule is CCN(CCC(=O)O)C(=O)c1sc2ccccc2c1Cc1ccc(C)cc1. The third-order valence-electron chi connectivity index (χ3n) is 4.66. The van der Waals surface area contributed by atoms with Crippen LogP contribution in [0.1, 0.15) is 39.7 Å². The van der Waals surface area contributed by atoms with Gasteiger partial charge >= 0.3 is 5.97 Å². The van der Waals surface area contributed by atoms with Gasteiger partial charge in [0.1, 0.15) is 0 Å². The lowest BCUT2D eigenvalue weighted by molar-refractivity contribution is -0.137. The Morgan fingerprint density at radius 1 is 1.07 bits per heavy atom. The molecule has 140 valence electrons. The van der Waals surface area contributed by atoms with Crippen molar-refractivity contribution in [3.05, 3.63) is 70.1 Å². The molecule has 0 spiro atoms. The zero-order chi connectivity index (χ0) is 19.4. The van der Waals surface area contributed by atoms with Crippen molar-refractivity contribution in [2.45, 2.75) is 26.7 Å². The molecular formula is C22H23NO3S. The molecule has 0 radical (unpaired) electrons. The van der Waals surface area contributed by atoms with Crippen molar-refractivity contribution >= 4 is 33.3 Å². The van der Waals surface area contributed by atoms with E-state index in [1.54, 1.807) is 4.90 Å². The van der Waals surface area contributed by atoms with Crippen molar-refractivity contribution in [3.8, 4) is 0 Å². The Labute approximate surface area is 163 Å². The standard InChI is InChI=1S/C22H23NO3S/c1-3-23(13-12-20(24)25)22(26)21-18(14-16-10-8-15(2)9-11-16)17-6-4-5-7-19(17)27-21/h4-11H,3,12-14H2,1-2H3,(H,24,25). The Hall–Kier alpha value is -2.66. The summed E-state index contributed by atoms with van der Waals surface area (Å²) in [6.07, 6.45) is 0.639. The van der Waals surface area contributed by atoms with Crippen molar-refractivity contribution in [1.82, 2.24) is 4.90 Å². The number of benzene rings is 2. The van der Waals surface area contributed by atoms with Gasteiger partial charge in [0.05, 0.1) is 11.3 Å². The van der Waals surface area contributed by atoms with Gasteiger partial charge in [0.15, 0.2) is 0 Å². The Morgan fingerprint density at radius 3 is 2.44 bits per heavy atom. The molecule has 0 saturated carbocycles. The summed E-state index contributed by atoms with van der Waals surface area (Å²) in [5.74, 6) is -0.973. The summed E-state index contributed by atoms with van der Waals surface area (Å²) in [6, 6.07) is 16.4. The van der Waals surface area contributed by atoms with Gasteiger partial charge in [-0.25, -0.2) is 0 Å². The summed E-state index contributed by atoms with van der Waals surface area (Å²) in [7, 11) is 0. The molecule has 0 aliphatic rings. The maximum absolute atomic E-state index is 13.2. The molecule has 1 heterocycles. The molecule has 0 atom stereocenters. The highest BCUT2D eigenvalue weighted by Gasteiger charge is 2.23. The van der Waals surface area contributed by atoms with Crippen molar-refractivity contribution < 1.29 is 14.7 Å². The first kappa shape index (κ1) is 19.1. The van der Waals surface area contributed by atoms with Crippen LogP contribution in [0.25, 0.3) is 10.1 Å². The van der Waals surface area contributed by atoms with Crippen LogP contribution in [0, 0.1) is 6.92 Å². The summed E-state index contributed by atoms with van der Waals surface area (Å²) in [5, 5.41) is 10.1. The molecular weight excluding hydrogens is 358 g/mol. The van der Waals surface area contributed by atoms with Crippen LogP contribution in [0.2, 0.25) is 0 Å². The largest absolute Gasteiger partial charge is 0.481 e. The average molecular weight is 381 g/mol. The molecule has 27 heavy (non-hydrogen) atoms. The van der Waals surface area contributed by atoms with Crippen LogP contribution >= 0.6 is 11.3 Å². The molecule has 3 rings (SSSR count). The lowest BCUT2D eigenvalue weighted by atomic mass is 10.0. The van der Waals surface area contributed by atoms with E-state index in [0.717, 1.165) is 21.2 Å². The van der Waals surface area contributed by atoms with E-state index in [2.05, 4.69) is 37.3 Å². The van der Waals surface area contributed by atoms with Crippen LogP contribution < -0.4 is 0 Å². The van der Waals surface area contributed by atoms with Crippen molar-refractivity contribution in [2.24, 2.45) is 0 Å². The lowest BCUT2D eigenvalue weighted by Crippen LogP contribution is -2.32. The second kappa shape index (κ2) is 8.35. The van der Waals surface area contributed by atoms with Gasteiger partial charge in [0.25, 0.3) is 5.91 Å². The monoisotopic (exact) mass is 381 g/mol. The summed E-state index contributed by atoms with van der Waals surface area (Å²) in [4.78, 5) is 26.4. The fourth-order valence-electron chi connectivity index (χ4n) is 3.13. The molecule has 2 aromatic carbocycles. The minimum Gasteiger partial charge on any atom is -0.481 e. The molecule has 3 aromatic rings. The summed E-state index contributed by atoms with van der Waals surface area (Å²) in [6.45, 7) is 4.65. The third-order valence-corrected chi connectivity index (χ3v) is 5.86. The number of amides is 1. The maximum atomic E-state index is 13.2. The van der Waals surface area contributed by atoms with Gasteiger partial charge in [0.2, 0.25) is 0 Å².